The van der Waals surface area contributed by atoms with E-state index in [0.717, 1.165) is 20.6 Å². The summed E-state index contributed by atoms with van der Waals surface area (Å²) in [5.74, 6) is -0.327. The van der Waals surface area contributed by atoms with Crippen LogP contribution >= 0.6 is 27.3 Å². The van der Waals surface area contributed by atoms with Crippen LogP contribution in [0.5, 0.6) is 0 Å². The summed E-state index contributed by atoms with van der Waals surface area (Å²) in [4.78, 5) is 29.3. The molecule has 26 heavy (non-hydrogen) atoms. The minimum Gasteiger partial charge on any atom is -0.459 e. The SMILES string of the molecule is Cc1sc(NC(=O)CCNC(=O)c2ccco2)nc1-c1ccc(Br)cc1. The molecular formula is C18H16BrN3O3S. The normalized spacial score (nSPS) is 10.5. The average Bonchev–Trinajstić information content (AvgIpc) is 3.25. The fraction of sp³-hybridized carbons (Fsp3) is 0.167. The van der Waals surface area contributed by atoms with Crippen molar-refractivity contribution in [3.05, 3.63) is 57.8 Å². The molecule has 0 atom stereocenters. The number of hydrogen-bond acceptors (Lipinski definition) is 5. The number of nitrogens with zero attached hydrogens (tertiary/aromatic N) is 1. The third kappa shape index (κ3) is 4.59. The summed E-state index contributed by atoms with van der Waals surface area (Å²) >= 11 is 4.83. The maximum atomic E-state index is 12.1. The zero-order valence-corrected chi connectivity index (χ0v) is 16.3. The number of furan rings is 1. The maximum Gasteiger partial charge on any atom is 0.286 e. The van der Waals surface area contributed by atoms with E-state index in [9.17, 15) is 9.59 Å². The Morgan fingerprint density at radius 3 is 2.69 bits per heavy atom. The van der Waals surface area contributed by atoms with Gasteiger partial charge in [0, 0.05) is 27.9 Å². The summed E-state index contributed by atoms with van der Waals surface area (Å²) in [5, 5.41) is 5.96. The van der Waals surface area contributed by atoms with Crippen LogP contribution < -0.4 is 10.6 Å². The Kier molecular flexibility index (Phi) is 5.85. The number of benzene rings is 1. The Labute approximate surface area is 162 Å². The highest BCUT2D eigenvalue weighted by Crippen LogP contribution is 2.31. The molecule has 0 saturated heterocycles. The molecule has 0 bridgehead atoms. The highest BCUT2D eigenvalue weighted by atomic mass is 79.9. The van der Waals surface area contributed by atoms with Gasteiger partial charge in [0.15, 0.2) is 10.9 Å². The van der Waals surface area contributed by atoms with E-state index in [0.29, 0.717) is 5.13 Å². The Morgan fingerprint density at radius 1 is 1.23 bits per heavy atom. The largest absolute Gasteiger partial charge is 0.459 e. The van der Waals surface area contributed by atoms with Gasteiger partial charge < -0.3 is 15.1 Å². The molecule has 134 valence electrons. The Morgan fingerprint density at radius 2 is 2.00 bits per heavy atom. The molecule has 2 amide bonds. The van der Waals surface area contributed by atoms with Gasteiger partial charge in [-0.1, -0.05) is 28.1 Å². The van der Waals surface area contributed by atoms with E-state index in [1.165, 1.54) is 17.6 Å². The molecule has 0 aliphatic heterocycles. The first-order valence-electron chi connectivity index (χ1n) is 7.88. The average molecular weight is 434 g/mol. The van der Waals surface area contributed by atoms with Crippen LogP contribution in [-0.2, 0) is 4.79 Å². The lowest BCUT2D eigenvalue weighted by Crippen LogP contribution is -2.27. The number of carbonyl (C=O) groups excluding carboxylic acids is 2. The Bertz CT molecular complexity index is 904. The van der Waals surface area contributed by atoms with E-state index in [2.05, 4.69) is 31.5 Å². The first-order chi connectivity index (χ1) is 12.5. The minimum atomic E-state index is -0.342. The van der Waals surface area contributed by atoms with Crippen LogP contribution in [0, 0.1) is 6.92 Å². The van der Waals surface area contributed by atoms with Crippen molar-refractivity contribution in [3.63, 3.8) is 0 Å². The van der Waals surface area contributed by atoms with Crippen LogP contribution in [0.4, 0.5) is 5.13 Å². The molecule has 2 heterocycles. The van der Waals surface area contributed by atoms with Crippen molar-refractivity contribution in [1.82, 2.24) is 10.3 Å². The lowest BCUT2D eigenvalue weighted by atomic mass is 10.1. The zero-order valence-electron chi connectivity index (χ0n) is 13.9. The van der Waals surface area contributed by atoms with Crippen molar-refractivity contribution in [2.45, 2.75) is 13.3 Å². The van der Waals surface area contributed by atoms with Crippen molar-refractivity contribution < 1.29 is 14.0 Å². The van der Waals surface area contributed by atoms with Gasteiger partial charge in [-0.3, -0.25) is 9.59 Å². The summed E-state index contributed by atoms with van der Waals surface area (Å²) in [7, 11) is 0. The second kappa shape index (κ2) is 8.29. The van der Waals surface area contributed by atoms with Crippen molar-refractivity contribution in [2.24, 2.45) is 0 Å². The predicted octanol–water partition coefficient (Wildman–Crippen LogP) is 4.23. The number of aromatic nitrogens is 1. The predicted molar refractivity (Wildman–Crippen MR) is 104 cm³/mol. The van der Waals surface area contributed by atoms with Gasteiger partial charge in [-0.05, 0) is 31.2 Å². The van der Waals surface area contributed by atoms with Gasteiger partial charge in [0.05, 0.1) is 12.0 Å². The van der Waals surface area contributed by atoms with Crippen LogP contribution in [0.1, 0.15) is 21.9 Å². The molecule has 0 spiro atoms. The molecule has 6 nitrogen and oxygen atoms in total. The number of carbonyl (C=O) groups is 2. The van der Waals surface area contributed by atoms with Crippen molar-refractivity contribution in [3.8, 4) is 11.3 Å². The molecule has 3 aromatic rings. The number of aryl methyl sites for hydroxylation is 1. The summed E-state index contributed by atoms with van der Waals surface area (Å²) in [6.07, 6.45) is 1.58. The number of nitrogens with one attached hydrogen (secondary N) is 2. The monoisotopic (exact) mass is 433 g/mol. The zero-order chi connectivity index (χ0) is 18.5. The number of rotatable bonds is 6. The molecule has 0 unspecified atom stereocenters. The Balaban J connectivity index is 1.54. The van der Waals surface area contributed by atoms with Gasteiger partial charge in [-0.25, -0.2) is 4.98 Å². The van der Waals surface area contributed by atoms with Gasteiger partial charge >= 0.3 is 0 Å². The molecule has 2 aromatic heterocycles. The highest BCUT2D eigenvalue weighted by molar-refractivity contribution is 9.10. The number of halogens is 1. The molecule has 0 aliphatic rings. The molecule has 1 aromatic carbocycles. The number of hydrogen-bond donors (Lipinski definition) is 2. The lowest BCUT2D eigenvalue weighted by molar-refractivity contribution is -0.116. The van der Waals surface area contributed by atoms with Gasteiger partial charge in [-0.2, -0.15) is 0 Å². The topological polar surface area (TPSA) is 84.2 Å². The van der Waals surface area contributed by atoms with Crippen LogP contribution in [0.15, 0.2) is 51.6 Å². The van der Waals surface area contributed by atoms with Gasteiger partial charge in [-0.15, -0.1) is 11.3 Å². The van der Waals surface area contributed by atoms with Crippen LogP contribution in [0.25, 0.3) is 11.3 Å². The third-order valence-corrected chi connectivity index (χ3v) is 4.96. The molecule has 0 radical (unpaired) electrons. The van der Waals surface area contributed by atoms with Crippen LogP contribution in [0.2, 0.25) is 0 Å². The van der Waals surface area contributed by atoms with Gasteiger partial charge in [0.2, 0.25) is 5.91 Å². The highest BCUT2D eigenvalue weighted by Gasteiger charge is 2.13. The number of amides is 2. The molecule has 0 saturated carbocycles. The maximum absolute atomic E-state index is 12.1. The first-order valence-corrected chi connectivity index (χ1v) is 9.49. The molecule has 0 aliphatic carbocycles. The van der Waals surface area contributed by atoms with E-state index in [-0.39, 0.29) is 30.5 Å². The fourth-order valence-corrected chi connectivity index (χ4v) is 3.41. The molecular weight excluding hydrogens is 418 g/mol. The van der Waals surface area contributed by atoms with Crippen LogP contribution in [0.3, 0.4) is 0 Å². The van der Waals surface area contributed by atoms with Crippen molar-refractivity contribution in [1.29, 1.82) is 0 Å². The van der Waals surface area contributed by atoms with E-state index < -0.39 is 0 Å². The standard InChI is InChI=1S/C18H16BrN3O3S/c1-11-16(12-4-6-13(19)7-5-12)22-18(26-11)21-15(23)8-9-20-17(24)14-3-2-10-25-14/h2-7,10H,8-9H2,1H3,(H,20,24)(H,21,22,23). The second-order valence-electron chi connectivity index (χ2n) is 5.46. The minimum absolute atomic E-state index is 0.151. The smallest absolute Gasteiger partial charge is 0.286 e. The second-order valence-corrected chi connectivity index (χ2v) is 7.58. The lowest BCUT2D eigenvalue weighted by Gasteiger charge is -2.03. The van der Waals surface area contributed by atoms with E-state index in [1.54, 1.807) is 12.1 Å². The number of anilines is 1. The van der Waals surface area contributed by atoms with Crippen molar-refractivity contribution in [2.75, 3.05) is 11.9 Å². The summed E-state index contributed by atoms with van der Waals surface area (Å²) in [6, 6.07) is 11.1. The van der Waals surface area contributed by atoms with E-state index >= 15 is 0 Å². The number of thiazole rings is 1. The van der Waals surface area contributed by atoms with Gasteiger partial charge in [0.1, 0.15) is 0 Å². The van der Waals surface area contributed by atoms with E-state index in [1.807, 2.05) is 31.2 Å². The quantitative estimate of drug-likeness (QED) is 0.608. The first kappa shape index (κ1) is 18.3. The summed E-state index contributed by atoms with van der Waals surface area (Å²) < 4.78 is 5.99. The van der Waals surface area contributed by atoms with Crippen LogP contribution in [-0.4, -0.2) is 23.3 Å². The van der Waals surface area contributed by atoms with Gasteiger partial charge in [0.25, 0.3) is 5.91 Å². The van der Waals surface area contributed by atoms with Crippen molar-refractivity contribution >= 4 is 44.2 Å². The molecule has 3 rings (SSSR count). The fourth-order valence-electron chi connectivity index (χ4n) is 2.29. The third-order valence-electron chi connectivity index (χ3n) is 3.54. The van der Waals surface area contributed by atoms with E-state index in [4.69, 9.17) is 4.42 Å². The summed E-state index contributed by atoms with van der Waals surface area (Å²) in [5.41, 5.74) is 1.84. The Hall–Kier alpha value is -2.45. The summed E-state index contributed by atoms with van der Waals surface area (Å²) in [6.45, 7) is 2.18. The molecule has 0 fully saturated rings. The molecule has 2 N–H and O–H groups in total. The molecule has 8 heteroatoms.